The zero-order valence-electron chi connectivity index (χ0n) is 12.9. The van der Waals surface area contributed by atoms with E-state index in [0.717, 1.165) is 18.7 Å². The Morgan fingerprint density at radius 2 is 1.90 bits per heavy atom. The van der Waals surface area contributed by atoms with Gasteiger partial charge in [0.25, 0.3) is 5.91 Å². The molecule has 0 fully saturated rings. The molecule has 0 aliphatic heterocycles. The summed E-state index contributed by atoms with van der Waals surface area (Å²) in [7, 11) is 2.02. The predicted octanol–water partition coefficient (Wildman–Crippen LogP) is 2.42. The van der Waals surface area contributed by atoms with Crippen molar-refractivity contribution >= 4 is 11.6 Å². The molecule has 1 rings (SSSR count). The first kappa shape index (κ1) is 16.5. The normalized spacial score (nSPS) is 13.7. The Kier molecular flexibility index (Phi) is 6.02. The van der Waals surface area contributed by atoms with Crippen LogP contribution in [0.5, 0.6) is 0 Å². The van der Waals surface area contributed by atoms with E-state index >= 15 is 0 Å². The second-order valence-corrected chi connectivity index (χ2v) is 5.40. The highest BCUT2D eigenvalue weighted by molar-refractivity contribution is 5.95. The van der Waals surface area contributed by atoms with Gasteiger partial charge in [-0.2, -0.15) is 0 Å². The van der Waals surface area contributed by atoms with Crippen molar-refractivity contribution in [1.82, 2.24) is 5.32 Å². The molecule has 2 N–H and O–H groups in total. The standard InChI is InChI=1S/C16H26N2O2/c1-5-16(3,11-12-19)17-15(20)13-7-9-14(10-8-13)18(4)6-2/h7-10,19H,5-6,11-12H2,1-4H3,(H,17,20). The Labute approximate surface area is 121 Å². The van der Waals surface area contributed by atoms with Crippen LogP contribution in [0.2, 0.25) is 0 Å². The number of aliphatic hydroxyl groups excluding tert-OH is 1. The van der Waals surface area contributed by atoms with Crippen LogP contribution in [-0.2, 0) is 0 Å². The molecule has 0 aliphatic carbocycles. The lowest BCUT2D eigenvalue weighted by molar-refractivity contribution is 0.0886. The molecule has 1 unspecified atom stereocenters. The SMILES string of the molecule is CCN(C)c1ccc(C(=O)NC(C)(CC)CCO)cc1. The van der Waals surface area contributed by atoms with Gasteiger partial charge in [-0.25, -0.2) is 0 Å². The lowest BCUT2D eigenvalue weighted by Gasteiger charge is -2.29. The maximum Gasteiger partial charge on any atom is 0.251 e. The van der Waals surface area contributed by atoms with Crippen LogP contribution in [0.15, 0.2) is 24.3 Å². The first-order chi connectivity index (χ1) is 9.45. The molecule has 0 aromatic heterocycles. The van der Waals surface area contributed by atoms with Crippen LogP contribution in [0.4, 0.5) is 5.69 Å². The zero-order chi connectivity index (χ0) is 15.2. The van der Waals surface area contributed by atoms with Gasteiger partial charge in [0.15, 0.2) is 0 Å². The Bertz CT molecular complexity index is 431. The van der Waals surface area contributed by atoms with Crippen LogP contribution >= 0.6 is 0 Å². The molecule has 0 saturated carbocycles. The summed E-state index contributed by atoms with van der Waals surface area (Å²) in [6, 6.07) is 7.58. The third-order valence-electron chi connectivity index (χ3n) is 3.90. The van der Waals surface area contributed by atoms with Crippen molar-refractivity contribution in [2.24, 2.45) is 0 Å². The third kappa shape index (κ3) is 4.23. The first-order valence-corrected chi connectivity index (χ1v) is 7.20. The van der Waals surface area contributed by atoms with Gasteiger partial charge in [0.2, 0.25) is 0 Å². The molecule has 0 bridgehead atoms. The molecule has 1 atom stereocenters. The molecular weight excluding hydrogens is 252 g/mol. The summed E-state index contributed by atoms with van der Waals surface area (Å²) >= 11 is 0. The van der Waals surface area contributed by atoms with E-state index < -0.39 is 0 Å². The molecule has 20 heavy (non-hydrogen) atoms. The number of hydrogen-bond donors (Lipinski definition) is 2. The molecule has 1 aromatic carbocycles. The molecule has 0 radical (unpaired) electrons. The molecule has 1 aromatic rings. The third-order valence-corrected chi connectivity index (χ3v) is 3.90. The highest BCUT2D eigenvalue weighted by Crippen LogP contribution is 2.17. The van der Waals surface area contributed by atoms with E-state index in [4.69, 9.17) is 5.11 Å². The van der Waals surface area contributed by atoms with Gasteiger partial charge in [-0.3, -0.25) is 4.79 Å². The smallest absolute Gasteiger partial charge is 0.251 e. The summed E-state index contributed by atoms with van der Waals surface area (Å²) in [5.41, 5.74) is 1.39. The first-order valence-electron chi connectivity index (χ1n) is 7.20. The number of hydrogen-bond acceptors (Lipinski definition) is 3. The van der Waals surface area contributed by atoms with Gasteiger partial charge in [0, 0.05) is 37.0 Å². The van der Waals surface area contributed by atoms with Crippen molar-refractivity contribution in [2.75, 3.05) is 25.1 Å². The number of anilines is 1. The second kappa shape index (κ2) is 7.29. The summed E-state index contributed by atoms with van der Waals surface area (Å²) in [5.74, 6) is -0.0894. The number of aliphatic hydroxyl groups is 1. The minimum Gasteiger partial charge on any atom is -0.396 e. The molecule has 0 spiro atoms. The van der Waals surface area contributed by atoms with Gasteiger partial charge in [-0.15, -0.1) is 0 Å². The van der Waals surface area contributed by atoms with Crippen molar-refractivity contribution in [2.45, 2.75) is 39.2 Å². The van der Waals surface area contributed by atoms with Crippen LogP contribution in [0.25, 0.3) is 0 Å². The van der Waals surface area contributed by atoms with Crippen molar-refractivity contribution in [3.05, 3.63) is 29.8 Å². The largest absolute Gasteiger partial charge is 0.396 e. The van der Waals surface area contributed by atoms with E-state index in [-0.39, 0.29) is 18.1 Å². The van der Waals surface area contributed by atoms with Gasteiger partial charge < -0.3 is 15.3 Å². The highest BCUT2D eigenvalue weighted by atomic mass is 16.3. The van der Waals surface area contributed by atoms with Crippen molar-refractivity contribution in [1.29, 1.82) is 0 Å². The minimum atomic E-state index is -0.356. The zero-order valence-corrected chi connectivity index (χ0v) is 12.9. The van der Waals surface area contributed by atoms with Gasteiger partial charge >= 0.3 is 0 Å². The fourth-order valence-corrected chi connectivity index (χ4v) is 1.97. The van der Waals surface area contributed by atoms with Crippen LogP contribution in [0.1, 0.15) is 44.0 Å². The summed E-state index contributed by atoms with van der Waals surface area (Å²) in [4.78, 5) is 14.4. The Morgan fingerprint density at radius 3 is 2.35 bits per heavy atom. The van der Waals surface area contributed by atoms with Gasteiger partial charge in [0.1, 0.15) is 0 Å². The van der Waals surface area contributed by atoms with Crippen LogP contribution in [0, 0.1) is 0 Å². The molecule has 4 heteroatoms. The number of nitrogens with one attached hydrogen (secondary N) is 1. The number of rotatable bonds is 7. The van der Waals surface area contributed by atoms with Crippen molar-refractivity contribution in [3.63, 3.8) is 0 Å². The molecule has 0 heterocycles. The maximum absolute atomic E-state index is 12.2. The van der Waals surface area contributed by atoms with E-state index in [1.165, 1.54) is 0 Å². The van der Waals surface area contributed by atoms with Crippen LogP contribution < -0.4 is 10.2 Å². The van der Waals surface area contributed by atoms with E-state index in [0.29, 0.717) is 12.0 Å². The Hall–Kier alpha value is -1.55. The number of nitrogens with zero attached hydrogens (tertiary/aromatic N) is 1. The molecule has 4 nitrogen and oxygen atoms in total. The van der Waals surface area contributed by atoms with Crippen molar-refractivity contribution < 1.29 is 9.90 Å². The van der Waals surface area contributed by atoms with E-state index in [1.807, 2.05) is 45.2 Å². The summed E-state index contributed by atoms with van der Waals surface area (Å²) in [5, 5.41) is 12.1. The Morgan fingerprint density at radius 1 is 1.30 bits per heavy atom. The lowest BCUT2D eigenvalue weighted by atomic mass is 9.94. The Balaban J connectivity index is 2.77. The van der Waals surface area contributed by atoms with Crippen molar-refractivity contribution in [3.8, 4) is 0 Å². The minimum absolute atomic E-state index is 0.0743. The molecule has 0 saturated heterocycles. The predicted molar refractivity (Wildman–Crippen MR) is 83.3 cm³/mol. The fourth-order valence-electron chi connectivity index (χ4n) is 1.97. The second-order valence-electron chi connectivity index (χ2n) is 5.40. The van der Waals surface area contributed by atoms with E-state index in [9.17, 15) is 4.79 Å². The number of carbonyl (C=O) groups excluding carboxylic acids is 1. The topological polar surface area (TPSA) is 52.6 Å². The number of carbonyl (C=O) groups is 1. The van der Waals surface area contributed by atoms with Crippen LogP contribution in [0.3, 0.4) is 0 Å². The quantitative estimate of drug-likeness (QED) is 0.805. The highest BCUT2D eigenvalue weighted by Gasteiger charge is 2.24. The fraction of sp³-hybridized carbons (Fsp3) is 0.562. The number of benzene rings is 1. The maximum atomic E-state index is 12.2. The van der Waals surface area contributed by atoms with Gasteiger partial charge in [0.05, 0.1) is 0 Å². The average molecular weight is 278 g/mol. The summed E-state index contributed by atoms with van der Waals surface area (Å²) in [6.45, 7) is 7.05. The monoisotopic (exact) mass is 278 g/mol. The molecule has 0 aliphatic rings. The van der Waals surface area contributed by atoms with E-state index in [1.54, 1.807) is 0 Å². The average Bonchev–Trinajstić information content (AvgIpc) is 2.46. The van der Waals surface area contributed by atoms with E-state index in [2.05, 4.69) is 17.1 Å². The van der Waals surface area contributed by atoms with Gasteiger partial charge in [-0.1, -0.05) is 6.92 Å². The lowest BCUT2D eigenvalue weighted by Crippen LogP contribution is -2.46. The van der Waals surface area contributed by atoms with Gasteiger partial charge in [-0.05, 0) is 51.0 Å². The summed E-state index contributed by atoms with van der Waals surface area (Å²) in [6.07, 6.45) is 1.35. The molecule has 1 amide bonds. The van der Waals surface area contributed by atoms with Crippen LogP contribution in [-0.4, -0.2) is 36.8 Å². The molecule has 112 valence electrons. The summed E-state index contributed by atoms with van der Waals surface area (Å²) < 4.78 is 0. The molecular formula is C16H26N2O2. The number of amides is 1.